The second-order valence-electron chi connectivity index (χ2n) is 4.49. The highest BCUT2D eigenvalue weighted by molar-refractivity contribution is 9.10. The van der Waals surface area contributed by atoms with Crippen molar-refractivity contribution in [1.82, 2.24) is 0 Å². The molecule has 0 fully saturated rings. The van der Waals surface area contributed by atoms with Gasteiger partial charge in [-0.1, -0.05) is 22.0 Å². The van der Waals surface area contributed by atoms with Crippen LogP contribution in [0.2, 0.25) is 0 Å². The molecule has 0 spiro atoms. The molecule has 0 aliphatic rings. The molecule has 0 unspecified atom stereocenters. The third-order valence-electron chi connectivity index (χ3n) is 2.93. The van der Waals surface area contributed by atoms with Gasteiger partial charge >= 0.3 is 5.97 Å². The highest BCUT2D eigenvalue weighted by Gasteiger charge is 2.05. The first-order valence-electron chi connectivity index (χ1n) is 6.55. The van der Waals surface area contributed by atoms with E-state index in [0.29, 0.717) is 12.4 Å². The maximum Gasteiger partial charge on any atom is 0.328 e. The number of hydrogen-bond acceptors (Lipinski definition) is 3. The molecule has 4 nitrogen and oxygen atoms in total. The summed E-state index contributed by atoms with van der Waals surface area (Å²) in [6.07, 6.45) is 2.63. The van der Waals surface area contributed by atoms with Gasteiger partial charge in [0.2, 0.25) is 0 Å². The van der Waals surface area contributed by atoms with Crippen LogP contribution in [0.25, 0.3) is 6.08 Å². The number of aliphatic carboxylic acids is 1. The molecule has 114 valence electrons. The third kappa shape index (κ3) is 4.63. The fourth-order valence-corrected chi connectivity index (χ4v) is 2.14. The maximum atomic E-state index is 10.6. The Balaban J connectivity index is 2.15. The Kier molecular flexibility index (Phi) is 5.61. The number of carboxylic acid groups (broad SMARTS) is 1. The summed E-state index contributed by atoms with van der Waals surface area (Å²) in [6, 6.07) is 13.0. The van der Waals surface area contributed by atoms with Crippen LogP contribution in [0.15, 0.2) is 53.0 Å². The van der Waals surface area contributed by atoms with E-state index < -0.39 is 5.97 Å². The van der Waals surface area contributed by atoms with Gasteiger partial charge in [0.25, 0.3) is 0 Å². The van der Waals surface area contributed by atoms with Crippen molar-refractivity contribution in [2.45, 2.75) is 6.61 Å². The van der Waals surface area contributed by atoms with E-state index in [4.69, 9.17) is 14.6 Å². The molecule has 0 saturated carbocycles. The van der Waals surface area contributed by atoms with E-state index in [1.807, 2.05) is 30.3 Å². The van der Waals surface area contributed by atoms with Crippen LogP contribution in [0.5, 0.6) is 11.5 Å². The van der Waals surface area contributed by atoms with E-state index in [9.17, 15) is 4.79 Å². The van der Waals surface area contributed by atoms with Gasteiger partial charge in [-0.25, -0.2) is 4.79 Å². The Morgan fingerprint density at radius 2 is 1.95 bits per heavy atom. The lowest BCUT2D eigenvalue weighted by molar-refractivity contribution is -0.131. The molecule has 0 aliphatic carbocycles. The summed E-state index contributed by atoms with van der Waals surface area (Å²) in [5.74, 6) is 0.463. The number of carboxylic acids is 1. The summed E-state index contributed by atoms with van der Waals surface area (Å²) in [5.41, 5.74) is 1.62. The lowest BCUT2D eigenvalue weighted by Crippen LogP contribution is -1.99. The lowest BCUT2D eigenvalue weighted by atomic mass is 10.1. The van der Waals surface area contributed by atoms with Crippen LogP contribution in [-0.2, 0) is 11.4 Å². The minimum atomic E-state index is -0.983. The largest absolute Gasteiger partial charge is 0.496 e. The van der Waals surface area contributed by atoms with Crippen LogP contribution in [0.1, 0.15) is 11.1 Å². The molecule has 0 amide bonds. The molecule has 0 bridgehead atoms. The van der Waals surface area contributed by atoms with Gasteiger partial charge in [-0.2, -0.15) is 0 Å². The molecule has 2 aromatic carbocycles. The number of ether oxygens (including phenoxy) is 2. The highest BCUT2D eigenvalue weighted by atomic mass is 79.9. The van der Waals surface area contributed by atoms with Crippen molar-refractivity contribution >= 4 is 28.0 Å². The summed E-state index contributed by atoms with van der Waals surface area (Å²) < 4.78 is 12.0. The van der Waals surface area contributed by atoms with Crippen molar-refractivity contribution in [3.8, 4) is 11.5 Å². The standard InChI is InChI=1S/C17H15BrO4/c1-21-16-8-2-12(3-9-17(19)20)10-13(16)11-22-15-6-4-14(18)5-7-15/h2-10H,11H2,1H3,(H,19,20)/b9-3-. The average molecular weight is 363 g/mol. The zero-order valence-corrected chi connectivity index (χ0v) is 13.5. The Morgan fingerprint density at radius 1 is 1.23 bits per heavy atom. The van der Waals surface area contributed by atoms with E-state index in [-0.39, 0.29) is 0 Å². The SMILES string of the molecule is COc1ccc(/C=C\C(=O)O)cc1COc1ccc(Br)cc1. The second-order valence-corrected chi connectivity index (χ2v) is 5.40. The molecular weight excluding hydrogens is 348 g/mol. The molecule has 0 heterocycles. The Hall–Kier alpha value is -2.27. The predicted molar refractivity (Wildman–Crippen MR) is 88.1 cm³/mol. The summed E-state index contributed by atoms with van der Waals surface area (Å²) in [7, 11) is 1.59. The van der Waals surface area contributed by atoms with Crippen LogP contribution in [0.4, 0.5) is 0 Å². The van der Waals surface area contributed by atoms with E-state index in [2.05, 4.69) is 15.9 Å². The van der Waals surface area contributed by atoms with Gasteiger partial charge in [0.05, 0.1) is 7.11 Å². The fourth-order valence-electron chi connectivity index (χ4n) is 1.87. The van der Waals surface area contributed by atoms with Crippen molar-refractivity contribution in [2.75, 3.05) is 7.11 Å². The quantitative estimate of drug-likeness (QED) is 0.784. The van der Waals surface area contributed by atoms with Crippen LogP contribution in [0.3, 0.4) is 0 Å². The molecule has 5 heteroatoms. The van der Waals surface area contributed by atoms with Crippen molar-refractivity contribution in [3.63, 3.8) is 0 Å². The Morgan fingerprint density at radius 3 is 2.59 bits per heavy atom. The summed E-state index contributed by atoms with van der Waals surface area (Å²) >= 11 is 3.37. The molecule has 0 saturated heterocycles. The number of rotatable bonds is 6. The minimum absolute atomic E-state index is 0.333. The zero-order chi connectivity index (χ0) is 15.9. The van der Waals surface area contributed by atoms with Gasteiger partial charge in [-0.3, -0.25) is 0 Å². The van der Waals surface area contributed by atoms with Crippen molar-refractivity contribution in [1.29, 1.82) is 0 Å². The van der Waals surface area contributed by atoms with Crippen molar-refractivity contribution < 1.29 is 19.4 Å². The first kappa shape index (κ1) is 16.1. The number of methoxy groups -OCH3 is 1. The summed E-state index contributed by atoms with van der Waals surface area (Å²) in [5, 5.41) is 8.68. The van der Waals surface area contributed by atoms with Crippen LogP contribution in [-0.4, -0.2) is 18.2 Å². The first-order valence-corrected chi connectivity index (χ1v) is 7.34. The number of benzene rings is 2. The van der Waals surface area contributed by atoms with E-state index in [0.717, 1.165) is 27.4 Å². The number of hydrogen-bond donors (Lipinski definition) is 1. The maximum absolute atomic E-state index is 10.6. The zero-order valence-electron chi connectivity index (χ0n) is 12.0. The molecule has 0 aromatic heterocycles. The number of halogens is 1. The third-order valence-corrected chi connectivity index (χ3v) is 3.46. The van der Waals surface area contributed by atoms with Gasteiger partial charge in [0.1, 0.15) is 18.1 Å². The molecule has 2 aromatic rings. The smallest absolute Gasteiger partial charge is 0.328 e. The highest BCUT2D eigenvalue weighted by Crippen LogP contribution is 2.23. The number of carbonyl (C=O) groups is 1. The van der Waals surface area contributed by atoms with Gasteiger partial charge in [-0.15, -0.1) is 0 Å². The lowest BCUT2D eigenvalue weighted by Gasteiger charge is -2.11. The van der Waals surface area contributed by atoms with E-state index in [1.54, 1.807) is 19.2 Å². The molecule has 1 N–H and O–H groups in total. The Labute approximate surface area is 137 Å². The molecule has 22 heavy (non-hydrogen) atoms. The van der Waals surface area contributed by atoms with Crippen molar-refractivity contribution in [2.24, 2.45) is 0 Å². The van der Waals surface area contributed by atoms with Crippen molar-refractivity contribution in [3.05, 3.63) is 64.1 Å². The van der Waals surface area contributed by atoms with Gasteiger partial charge in [-0.05, 0) is 48.0 Å². The predicted octanol–water partition coefficient (Wildman–Crippen LogP) is 4.13. The summed E-state index contributed by atoms with van der Waals surface area (Å²) in [6.45, 7) is 0.333. The summed E-state index contributed by atoms with van der Waals surface area (Å²) in [4.78, 5) is 10.6. The van der Waals surface area contributed by atoms with Crippen LogP contribution < -0.4 is 9.47 Å². The molecule has 0 atom stereocenters. The molecule has 2 rings (SSSR count). The normalized spacial score (nSPS) is 10.6. The van der Waals surface area contributed by atoms with Crippen LogP contribution >= 0.6 is 15.9 Å². The Bertz CT molecular complexity index is 678. The topological polar surface area (TPSA) is 55.8 Å². The fraction of sp³-hybridized carbons (Fsp3) is 0.118. The minimum Gasteiger partial charge on any atom is -0.496 e. The van der Waals surface area contributed by atoms with E-state index >= 15 is 0 Å². The molecule has 0 radical (unpaired) electrons. The van der Waals surface area contributed by atoms with Crippen LogP contribution in [0, 0.1) is 0 Å². The second kappa shape index (κ2) is 7.66. The molecular formula is C17H15BrO4. The molecule has 0 aliphatic heterocycles. The van der Waals surface area contributed by atoms with Gasteiger partial charge in [0.15, 0.2) is 0 Å². The van der Waals surface area contributed by atoms with Gasteiger partial charge in [0, 0.05) is 16.1 Å². The average Bonchev–Trinajstić information content (AvgIpc) is 2.52. The van der Waals surface area contributed by atoms with Gasteiger partial charge < -0.3 is 14.6 Å². The monoisotopic (exact) mass is 362 g/mol. The first-order chi connectivity index (χ1) is 10.6. The van der Waals surface area contributed by atoms with E-state index in [1.165, 1.54) is 6.08 Å².